The predicted octanol–water partition coefficient (Wildman–Crippen LogP) is 1.26. The van der Waals surface area contributed by atoms with Crippen LogP contribution in [0.15, 0.2) is 24.3 Å². The molecule has 7 heteroatoms. The maximum atomic E-state index is 12.8. The normalized spacial score (nSPS) is 20.3. The van der Waals surface area contributed by atoms with Gasteiger partial charge < -0.3 is 15.0 Å². The van der Waals surface area contributed by atoms with Crippen LogP contribution in [-0.4, -0.2) is 67.0 Å². The van der Waals surface area contributed by atoms with Gasteiger partial charge in [0.1, 0.15) is 11.6 Å². The summed E-state index contributed by atoms with van der Waals surface area (Å²) < 4.78 is 18.2. The van der Waals surface area contributed by atoms with Crippen molar-refractivity contribution in [2.45, 2.75) is 32.4 Å². The van der Waals surface area contributed by atoms with Gasteiger partial charge >= 0.3 is 0 Å². The van der Waals surface area contributed by atoms with Crippen molar-refractivity contribution in [3.05, 3.63) is 30.1 Å². The van der Waals surface area contributed by atoms with Crippen LogP contribution >= 0.6 is 0 Å². The minimum absolute atomic E-state index is 0.0844. The van der Waals surface area contributed by atoms with Gasteiger partial charge in [-0.15, -0.1) is 0 Å². The Hall–Kier alpha value is -2.15. The third-order valence-electron chi connectivity index (χ3n) is 4.46. The monoisotopic (exact) mass is 351 g/mol. The Labute approximate surface area is 147 Å². The van der Waals surface area contributed by atoms with E-state index < -0.39 is 0 Å². The molecule has 1 aromatic carbocycles. The molecule has 6 nitrogen and oxygen atoms in total. The van der Waals surface area contributed by atoms with E-state index >= 15 is 0 Å². The van der Waals surface area contributed by atoms with E-state index in [1.807, 2.05) is 30.7 Å². The van der Waals surface area contributed by atoms with Crippen LogP contribution in [0.4, 0.5) is 4.39 Å². The highest BCUT2D eigenvalue weighted by atomic mass is 19.1. The van der Waals surface area contributed by atoms with Crippen LogP contribution in [-0.2, 0) is 9.59 Å². The standard InChI is InChI=1S/C18H26FN3O3/c1-4-22(5-2)18(24)16-10-14(11-21(16)3)20-17(23)12-25-15-8-6-13(19)7-9-15/h6-9,14,16H,4-5,10-12H2,1-3H3,(H,20,23). The van der Waals surface area contributed by atoms with E-state index in [0.717, 1.165) is 0 Å². The van der Waals surface area contributed by atoms with Crippen LogP contribution < -0.4 is 10.1 Å². The summed E-state index contributed by atoms with van der Waals surface area (Å²) in [6.07, 6.45) is 0.591. The van der Waals surface area contributed by atoms with E-state index in [0.29, 0.717) is 31.8 Å². The van der Waals surface area contributed by atoms with Crippen molar-refractivity contribution in [2.75, 3.05) is 33.3 Å². The van der Waals surface area contributed by atoms with Crippen molar-refractivity contribution in [1.82, 2.24) is 15.1 Å². The molecule has 0 radical (unpaired) electrons. The van der Waals surface area contributed by atoms with Gasteiger partial charge in [0, 0.05) is 25.7 Å². The summed E-state index contributed by atoms with van der Waals surface area (Å²) in [5, 5.41) is 2.90. The largest absolute Gasteiger partial charge is 0.484 e. The molecule has 2 unspecified atom stereocenters. The fourth-order valence-electron chi connectivity index (χ4n) is 3.09. The molecule has 0 spiro atoms. The summed E-state index contributed by atoms with van der Waals surface area (Å²) in [6.45, 7) is 5.77. The summed E-state index contributed by atoms with van der Waals surface area (Å²) in [5.41, 5.74) is 0. The lowest BCUT2D eigenvalue weighted by Crippen LogP contribution is -2.44. The van der Waals surface area contributed by atoms with Crippen LogP contribution in [0.1, 0.15) is 20.3 Å². The quantitative estimate of drug-likeness (QED) is 0.803. The molecule has 0 saturated carbocycles. The third kappa shape index (κ3) is 5.16. The van der Waals surface area contributed by atoms with Gasteiger partial charge in [0.05, 0.1) is 6.04 Å². The zero-order chi connectivity index (χ0) is 18.4. The zero-order valence-electron chi connectivity index (χ0n) is 15.0. The number of carbonyl (C=O) groups excluding carboxylic acids is 2. The molecule has 1 aromatic rings. The molecule has 1 N–H and O–H groups in total. The minimum Gasteiger partial charge on any atom is -0.484 e. The fraction of sp³-hybridized carbons (Fsp3) is 0.556. The molecule has 1 heterocycles. The molecule has 2 amide bonds. The number of likely N-dealkylation sites (tertiary alicyclic amines) is 1. The number of hydrogen-bond acceptors (Lipinski definition) is 4. The van der Waals surface area contributed by atoms with Crippen LogP contribution in [0.3, 0.4) is 0 Å². The summed E-state index contributed by atoms with van der Waals surface area (Å²) in [5.74, 6) is -0.0603. The van der Waals surface area contributed by atoms with Crippen LogP contribution in [0.2, 0.25) is 0 Å². The Morgan fingerprint density at radius 2 is 1.92 bits per heavy atom. The third-order valence-corrected chi connectivity index (χ3v) is 4.46. The molecule has 0 bridgehead atoms. The average molecular weight is 351 g/mol. The number of carbonyl (C=O) groups is 2. The van der Waals surface area contributed by atoms with E-state index in [-0.39, 0.29) is 36.3 Å². The second-order valence-corrected chi connectivity index (χ2v) is 6.21. The highest BCUT2D eigenvalue weighted by Gasteiger charge is 2.36. The molecular weight excluding hydrogens is 325 g/mol. The summed E-state index contributed by atoms with van der Waals surface area (Å²) in [6, 6.07) is 5.22. The Morgan fingerprint density at radius 3 is 2.52 bits per heavy atom. The summed E-state index contributed by atoms with van der Waals surface area (Å²) in [7, 11) is 1.90. The minimum atomic E-state index is -0.352. The molecule has 1 aliphatic heterocycles. The van der Waals surface area contributed by atoms with E-state index in [1.54, 1.807) is 0 Å². The van der Waals surface area contributed by atoms with Crippen molar-refractivity contribution in [2.24, 2.45) is 0 Å². The maximum Gasteiger partial charge on any atom is 0.258 e. The van der Waals surface area contributed by atoms with Crippen LogP contribution in [0.5, 0.6) is 5.75 Å². The molecule has 1 saturated heterocycles. The first-order valence-electron chi connectivity index (χ1n) is 8.61. The Balaban J connectivity index is 1.81. The number of amides is 2. The Morgan fingerprint density at radius 1 is 1.28 bits per heavy atom. The number of halogens is 1. The van der Waals surface area contributed by atoms with Gasteiger partial charge in [0.25, 0.3) is 5.91 Å². The molecule has 2 rings (SSSR count). The predicted molar refractivity (Wildman–Crippen MR) is 92.8 cm³/mol. The Bertz CT molecular complexity index is 590. The molecule has 0 aliphatic carbocycles. The van der Waals surface area contributed by atoms with E-state index in [4.69, 9.17) is 4.74 Å². The highest BCUT2D eigenvalue weighted by Crippen LogP contribution is 2.18. The number of ether oxygens (including phenoxy) is 1. The average Bonchev–Trinajstić information content (AvgIpc) is 2.95. The van der Waals surface area contributed by atoms with Gasteiger partial charge in [-0.3, -0.25) is 14.5 Å². The SMILES string of the molecule is CCN(CC)C(=O)C1CC(NC(=O)COc2ccc(F)cc2)CN1C. The van der Waals surface area contributed by atoms with Crippen LogP contribution in [0, 0.1) is 5.82 Å². The second-order valence-electron chi connectivity index (χ2n) is 6.21. The van der Waals surface area contributed by atoms with Gasteiger partial charge in [-0.1, -0.05) is 0 Å². The van der Waals surface area contributed by atoms with Crippen molar-refractivity contribution < 1.29 is 18.7 Å². The van der Waals surface area contributed by atoms with Gasteiger partial charge in [0.15, 0.2) is 6.61 Å². The van der Waals surface area contributed by atoms with Gasteiger partial charge in [-0.05, 0) is 51.6 Å². The van der Waals surface area contributed by atoms with Crippen molar-refractivity contribution in [3.8, 4) is 5.75 Å². The first-order chi connectivity index (χ1) is 11.9. The first kappa shape index (κ1) is 19.2. The lowest BCUT2D eigenvalue weighted by molar-refractivity contribution is -0.135. The van der Waals surface area contributed by atoms with E-state index in [1.165, 1.54) is 24.3 Å². The summed E-state index contributed by atoms with van der Waals surface area (Å²) in [4.78, 5) is 28.3. The number of likely N-dealkylation sites (N-methyl/N-ethyl adjacent to an activating group) is 2. The number of hydrogen-bond donors (Lipinski definition) is 1. The smallest absolute Gasteiger partial charge is 0.258 e. The van der Waals surface area contributed by atoms with Crippen molar-refractivity contribution >= 4 is 11.8 Å². The summed E-state index contributed by atoms with van der Waals surface area (Å²) >= 11 is 0. The van der Waals surface area contributed by atoms with Crippen molar-refractivity contribution in [1.29, 1.82) is 0 Å². The van der Waals surface area contributed by atoms with E-state index in [2.05, 4.69) is 5.32 Å². The molecule has 1 fully saturated rings. The molecule has 2 atom stereocenters. The highest BCUT2D eigenvalue weighted by molar-refractivity contribution is 5.83. The van der Waals surface area contributed by atoms with Crippen LogP contribution in [0.25, 0.3) is 0 Å². The lowest BCUT2D eigenvalue weighted by Gasteiger charge is -2.26. The molecule has 25 heavy (non-hydrogen) atoms. The van der Waals surface area contributed by atoms with Crippen molar-refractivity contribution in [3.63, 3.8) is 0 Å². The molecule has 138 valence electrons. The Kier molecular flexibility index (Phi) is 6.75. The number of nitrogens with zero attached hydrogens (tertiary/aromatic N) is 2. The van der Waals surface area contributed by atoms with Gasteiger partial charge in [0.2, 0.25) is 5.91 Å². The number of rotatable bonds is 7. The second kappa shape index (κ2) is 8.80. The van der Waals surface area contributed by atoms with E-state index in [9.17, 15) is 14.0 Å². The zero-order valence-corrected chi connectivity index (χ0v) is 15.0. The van der Waals surface area contributed by atoms with Gasteiger partial charge in [-0.2, -0.15) is 0 Å². The fourth-order valence-corrected chi connectivity index (χ4v) is 3.09. The first-order valence-corrected chi connectivity index (χ1v) is 8.61. The topological polar surface area (TPSA) is 61.9 Å². The maximum absolute atomic E-state index is 12.8. The lowest BCUT2D eigenvalue weighted by atomic mass is 10.1. The molecule has 1 aliphatic rings. The number of benzene rings is 1. The molecular formula is C18H26FN3O3. The van der Waals surface area contributed by atoms with Gasteiger partial charge in [-0.25, -0.2) is 4.39 Å². The molecule has 0 aromatic heterocycles. The number of nitrogens with one attached hydrogen (secondary N) is 1.